The highest BCUT2D eigenvalue weighted by molar-refractivity contribution is 5.74. The summed E-state index contributed by atoms with van der Waals surface area (Å²) in [6, 6.07) is 1.51. The number of amides is 2. The van der Waals surface area contributed by atoms with Crippen molar-refractivity contribution in [2.24, 2.45) is 5.41 Å². The Labute approximate surface area is 155 Å². The van der Waals surface area contributed by atoms with Crippen LogP contribution in [0.3, 0.4) is 0 Å². The van der Waals surface area contributed by atoms with Crippen LogP contribution in [0.5, 0.6) is 0 Å². The van der Waals surface area contributed by atoms with Gasteiger partial charge in [-0.1, -0.05) is 0 Å². The van der Waals surface area contributed by atoms with Crippen LogP contribution in [-0.4, -0.2) is 54.8 Å². The molecular formula is C17H22F3N5O2. The van der Waals surface area contributed by atoms with Crippen molar-refractivity contribution in [3.63, 3.8) is 0 Å². The molecule has 2 aliphatic rings. The lowest BCUT2D eigenvalue weighted by Crippen LogP contribution is -2.54. The number of piperazine rings is 1. The number of anilines is 1. The zero-order valence-electron chi connectivity index (χ0n) is 15.3. The van der Waals surface area contributed by atoms with Crippen molar-refractivity contribution in [3.05, 3.63) is 11.6 Å². The molecule has 0 radical (unpaired) electrons. The molecule has 1 aliphatic heterocycles. The van der Waals surface area contributed by atoms with Gasteiger partial charge in [-0.3, -0.25) is 0 Å². The topological polar surface area (TPSA) is 85.4 Å². The number of oxazole rings is 1. The average Bonchev–Trinajstić information content (AvgIpc) is 3.38. The van der Waals surface area contributed by atoms with Crippen LogP contribution in [-0.2, 0) is 0 Å². The Morgan fingerprint density at radius 2 is 1.93 bits per heavy atom. The van der Waals surface area contributed by atoms with E-state index in [1.54, 1.807) is 0 Å². The molecule has 148 valence electrons. The standard InChI is InChI=1S/C17H22F3N5O2/c1-16(2,17(18,19)20)10-22-15(26)25-7-5-24(6-8-25)14-12(9-21)23-13(27-14)11-3-4-11/h11H,3-8,10H2,1-2H3,(H,22,26). The molecule has 27 heavy (non-hydrogen) atoms. The molecule has 3 rings (SSSR count). The van der Waals surface area contributed by atoms with Gasteiger partial charge >= 0.3 is 12.2 Å². The third-order valence-corrected chi connectivity index (χ3v) is 4.96. The number of carbonyl (C=O) groups excluding carboxylic acids is 1. The van der Waals surface area contributed by atoms with Crippen LogP contribution in [0.1, 0.15) is 44.2 Å². The highest BCUT2D eigenvalue weighted by atomic mass is 19.4. The van der Waals surface area contributed by atoms with Crippen LogP contribution in [0.25, 0.3) is 0 Å². The van der Waals surface area contributed by atoms with Crippen molar-refractivity contribution in [2.45, 2.75) is 38.8 Å². The number of hydrogen-bond donors (Lipinski definition) is 1. The van der Waals surface area contributed by atoms with Crippen LogP contribution >= 0.6 is 0 Å². The Balaban J connectivity index is 1.54. The molecule has 1 N–H and O–H groups in total. The molecule has 1 aromatic rings. The lowest BCUT2D eigenvalue weighted by Gasteiger charge is -2.35. The summed E-state index contributed by atoms with van der Waals surface area (Å²) >= 11 is 0. The van der Waals surface area contributed by atoms with E-state index in [-0.39, 0.29) is 11.6 Å². The fourth-order valence-electron chi connectivity index (χ4n) is 2.74. The molecule has 7 nitrogen and oxygen atoms in total. The van der Waals surface area contributed by atoms with Crippen molar-refractivity contribution in [2.75, 3.05) is 37.6 Å². The van der Waals surface area contributed by atoms with Crippen molar-refractivity contribution < 1.29 is 22.4 Å². The summed E-state index contributed by atoms with van der Waals surface area (Å²) in [5.74, 6) is 1.28. The summed E-state index contributed by atoms with van der Waals surface area (Å²) in [5, 5.41) is 11.6. The molecule has 0 aromatic carbocycles. The van der Waals surface area contributed by atoms with E-state index in [0.29, 0.717) is 38.0 Å². The lowest BCUT2D eigenvalue weighted by atomic mass is 9.93. The van der Waals surface area contributed by atoms with E-state index < -0.39 is 24.2 Å². The first-order valence-corrected chi connectivity index (χ1v) is 8.87. The van der Waals surface area contributed by atoms with Gasteiger partial charge in [-0.2, -0.15) is 18.4 Å². The minimum absolute atomic E-state index is 0.238. The van der Waals surface area contributed by atoms with Gasteiger partial charge in [0.25, 0.3) is 0 Å². The van der Waals surface area contributed by atoms with Gasteiger partial charge in [0.1, 0.15) is 6.07 Å². The molecule has 2 fully saturated rings. The maximum absolute atomic E-state index is 12.9. The zero-order chi connectivity index (χ0) is 19.8. The molecule has 1 saturated carbocycles. The van der Waals surface area contributed by atoms with E-state index in [0.717, 1.165) is 26.7 Å². The zero-order valence-corrected chi connectivity index (χ0v) is 15.3. The number of rotatable bonds is 4. The van der Waals surface area contributed by atoms with Crippen LogP contribution < -0.4 is 10.2 Å². The minimum Gasteiger partial charge on any atom is -0.423 e. The van der Waals surface area contributed by atoms with E-state index in [9.17, 15) is 23.2 Å². The third-order valence-electron chi connectivity index (χ3n) is 4.96. The van der Waals surface area contributed by atoms with Crippen LogP contribution in [0.15, 0.2) is 4.42 Å². The molecule has 1 aromatic heterocycles. The largest absolute Gasteiger partial charge is 0.423 e. The first-order valence-electron chi connectivity index (χ1n) is 8.87. The van der Waals surface area contributed by atoms with Gasteiger partial charge in [-0.25, -0.2) is 9.78 Å². The van der Waals surface area contributed by atoms with Gasteiger partial charge in [0.05, 0.1) is 5.41 Å². The monoisotopic (exact) mass is 385 g/mol. The highest BCUT2D eigenvalue weighted by Crippen LogP contribution is 2.41. The van der Waals surface area contributed by atoms with Crippen LogP contribution in [0.2, 0.25) is 0 Å². The van der Waals surface area contributed by atoms with Crippen LogP contribution in [0.4, 0.5) is 23.8 Å². The van der Waals surface area contributed by atoms with Crippen molar-refractivity contribution in [1.82, 2.24) is 15.2 Å². The lowest BCUT2D eigenvalue weighted by molar-refractivity contribution is -0.208. The first-order chi connectivity index (χ1) is 12.6. The number of aromatic nitrogens is 1. The van der Waals surface area contributed by atoms with Gasteiger partial charge in [-0.05, 0) is 26.7 Å². The summed E-state index contributed by atoms with van der Waals surface area (Å²) in [5.41, 5.74) is -1.76. The molecule has 0 bridgehead atoms. The van der Waals surface area contributed by atoms with Crippen LogP contribution in [0, 0.1) is 16.7 Å². The smallest absolute Gasteiger partial charge is 0.395 e. The highest BCUT2D eigenvalue weighted by Gasteiger charge is 2.47. The average molecular weight is 385 g/mol. The second kappa shape index (κ2) is 6.94. The number of carbonyl (C=O) groups is 1. The summed E-state index contributed by atoms with van der Waals surface area (Å²) < 4.78 is 44.4. The second-order valence-electron chi connectivity index (χ2n) is 7.61. The number of halogens is 3. The molecule has 2 heterocycles. The fraction of sp³-hybridized carbons (Fsp3) is 0.706. The Bertz CT molecular complexity index is 741. The number of urea groups is 1. The predicted octanol–water partition coefficient (Wildman–Crippen LogP) is 2.84. The number of alkyl halides is 3. The van der Waals surface area contributed by atoms with E-state index in [4.69, 9.17) is 4.42 Å². The van der Waals surface area contributed by atoms with Crippen molar-refractivity contribution >= 4 is 11.9 Å². The predicted molar refractivity (Wildman–Crippen MR) is 90.2 cm³/mol. The Morgan fingerprint density at radius 3 is 2.44 bits per heavy atom. The summed E-state index contributed by atoms with van der Waals surface area (Å²) in [6.07, 6.45) is -2.38. The SMILES string of the molecule is CC(C)(CNC(=O)N1CCN(c2oc(C3CC3)nc2C#N)CC1)C(F)(F)F. The normalized spacial score (nSPS) is 18.4. The molecule has 0 unspecified atom stereocenters. The molecule has 0 spiro atoms. The molecule has 10 heteroatoms. The van der Waals surface area contributed by atoms with Gasteiger partial charge in [0.15, 0.2) is 0 Å². The van der Waals surface area contributed by atoms with Gasteiger partial charge in [0.2, 0.25) is 17.5 Å². The third kappa shape index (κ3) is 4.12. The van der Waals surface area contributed by atoms with Gasteiger partial charge in [-0.15, -0.1) is 0 Å². The van der Waals surface area contributed by atoms with E-state index in [1.165, 1.54) is 4.90 Å². The van der Waals surface area contributed by atoms with Crippen molar-refractivity contribution in [3.8, 4) is 6.07 Å². The molecular weight excluding hydrogens is 363 g/mol. The Morgan fingerprint density at radius 1 is 1.30 bits per heavy atom. The van der Waals surface area contributed by atoms with E-state index in [1.807, 2.05) is 11.0 Å². The summed E-state index contributed by atoms with van der Waals surface area (Å²) in [7, 11) is 0. The second-order valence-corrected chi connectivity index (χ2v) is 7.61. The summed E-state index contributed by atoms with van der Waals surface area (Å²) in [6.45, 7) is 3.10. The quantitative estimate of drug-likeness (QED) is 0.861. The summed E-state index contributed by atoms with van der Waals surface area (Å²) in [4.78, 5) is 19.7. The Kier molecular flexibility index (Phi) is 4.97. The number of nitriles is 1. The molecule has 2 amide bonds. The van der Waals surface area contributed by atoms with E-state index in [2.05, 4.69) is 10.3 Å². The van der Waals surface area contributed by atoms with Crippen molar-refractivity contribution in [1.29, 1.82) is 5.26 Å². The number of hydrogen-bond acceptors (Lipinski definition) is 5. The minimum atomic E-state index is -4.39. The number of nitrogens with zero attached hydrogens (tertiary/aromatic N) is 4. The number of nitrogens with one attached hydrogen (secondary N) is 1. The molecule has 0 atom stereocenters. The van der Waals surface area contributed by atoms with Gasteiger partial charge in [0, 0.05) is 38.6 Å². The first kappa shape index (κ1) is 19.3. The maximum atomic E-state index is 12.9. The maximum Gasteiger partial charge on any atom is 0.395 e. The molecule has 1 aliphatic carbocycles. The van der Waals surface area contributed by atoms with E-state index >= 15 is 0 Å². The molecule has 1 saturated heterocycles. The fourth-order valence-corrected chi connectivity index (χ4v) is 2.74. The van der Waals surface area contributed by atoms with Gasteiger partial charge < -0.3 is 19.5 Å². The Hall–Kier alpha value is -2.44.